The van der Waals surface area contributed by atoms with Crippen molar-refractivity contribution in [2.24, 2.45) is 5.92 Å². The molecule has 0 saturated heterocycles. The lowest BCUT2D eigenvalue weighted by atomic mass is 10.0. The number of amides is 3. The summed E-state index contributed by atoms with van der Waals surface area (Å²) in [6.45, 7) is 10.4. The second kappa shape index (κ2) is 11.2. The second-order valence-corrected chi connectivity index (χ2v) is 9.30. The average molecular weight is 459 g/mol. The van der Waals surface area contributed by atoms with E-state index in [1.807, 2.05) is 75.0 Å². The van der Waals surface area contributed by atoms with E-state index < -0.39 is 0 Å². The van der Waals surface area contributed by atoms with Crippen LogP contribution in [0.1, 0.15) is 50.5 Å². The maximum atomic E-state index is 13.5. The predicted octanol–water partition coefficient (Wildman–Crippen LogP) is 5.62. The zero-order valence-electron chi connectivity index (χ0n) is 20.1. The molecule has 0 bridgehead atoms. The van der Waals surface area contributed by atoms with Gasteiger partial charge >= 0.3 is 6.03 Å². The number of carbonyl (C=O) groups excluding carboxylic acids is 2. The highest BCUT2D eigenvalue weighted by molar-refractivity contribution is 6.33. The van der Waals surface area contributed by atoms with Crippen LogP contribution in [-0.2, 0) is 6.54 Å². The molecule has 3 amide bonds. The Morgan fingerprint density at radius 3 is 2.22 bits per heavy atom. The highest BCUT2D eigenvalue weighted by Gasteiger charge is 2.26. The van der Waals surface area contributed by atoms with Crippen molar-refractivity contribution in [1.29, 1.82) is 0 Å². The van der Waals surface area contributed by atoms with Crippen LogP contribution in [0.25, 0.3) is 0 Å². The third-order valence-corrected chi connectivity index (χ3v) is 5.73. The number of carbonyl (C=O) groups is 2. The third kappa shape index (κ3) is 6.63. The Hall–Kier alpha value is -2.73. The van der Waals surface area contributed by atoms with E-state index in [1.54, 1.807) is 12.1 Å². The number of anilines is 2. The lowest BCUT2D eigenvalue weighted by Crippen LogP contribution is -2.41. The Bertz CT molecular complexity index is 943. The smallest absolute Gasteiger partial charge is 0.319 e. The summed E-state index contributed by atoms with van der Waals surface area (Å²) < 4.78 is 0. The fourth-order valence-corrected chi connectivity index (χ4v) is 3.61. The van der Waals surface area contributed by atoms with E-state index in [0.29, 0.717) is 22.8 Å². The van der Waals surface area contributed by atoms with Crippen LogP contribution in [0, 0.1) is 5.92 Å². The van der Waals surface area contributed by atoms with Gasteiger partial charge in [-0.15, -0.1) is 0 Å². The van der Waals surface area contributed by atoms with Crippen molar-refractivity contribution >= 4 is 34.9 Å². The van der Waals surface area contributed by atoms with Gasteiger partial charge in [0.2, 0.25) is 0 Å². The molecule has 174 valence electrons. The summed E-state index contributed by atoms with van der Waals surface area (Å²) >= 11 is 6.35. The number of nitrogens with zero attached hydrogens (tertiary/aromatic N) is 2. The molecule has 2 aromatic carbocycles. The van der Waals surface area contributed by atoms with Gasteiger partial charge in [-0.05, 0) is 62.6 Å². The molecule has 0 aliphatic rings. The first-order chi connectivity index (χ1) is 15.0. The van der Waals surface area contributed by atoms with Crippen molar-refractivity contribution < 1.29 is 9.59 Å². The van der Waals surface area contributed by atoms with Gasteiger partial charge in [0.15, 0.2) is 0 Å². The SMILES string of the molecule is CC(C)NC(=O)Nc1ccc(N(C)C)c(CN(C(=O)c2ccccc2Cl)[C@@H](C)C(C)C)c1. The Labute approximate surface area is 196 Å². The Morgan fingerprint density at radius 2 is 1.66 bits per heavy atom. The lowest BCUT2D eigenvalue weighted by molar-refractivity contribution is 0.0628. The van der Waals surface area contributed by atoms with Crippen LogP contribution in [0.2, 0.25) is 5.02 Å². The van der Waals surface area contributed by atoms with Crippen LogP contribution in [-0.4, -0.2) is 43.0 Å². The first-order valence-electron chi connectivity index (χ1n) is 10.9. The zero-order valence-corrected chi connectivity index (χ0v) is 20.8. The Kier molecular flexibility index (Phi) is 8.96. The van der Waals surface area contributed by atoms with Crippen molar-refractivity contribution in [3.8, 4) is 0 Å². The maximum Gasteiger partial charge on any atom is 0.319 e. The molecule has 6 nitrogen and oxygen atoms in total. The minimum absolute atomic E-state index is 0.0189. The third-order valence-electron chi connectivity index (χ3n) is 5.40. The van der Waals surface area contributed by atoms with Crippen molar-refractivity contribution in [2.75, 3.05) is 24.3 Å². The number of urea groups is 1. The molecule has 0 aromatic heterocycles. The summed E-state index contributed by atoms with van der Waals surface area (Å²) in [6.07, 6.45) is 0. The van der Waals surface area contributed by atoms with Gasteiger partial charge in [0.1, 0.15) is 0 Å². The summed E-state index contributed by atoms with van der Waals surface area (Å²) in [5.74, 6) is 0.139. The molecule has 0 spiro atoms. The maximum absolute atomic E-state index is 13.5. The fraction of sp³-hybridized carbons (Fsp3) is 0.440. The normalized spacial score (nSPS) is 11.9. The molecule has 0 fully saturated rings. The van der Waals surface area contributed by atoms with Gasteiger partial charge in [-0.1, -0.05) is 37.6 Å². The van der Waals surface area contributed by atoms with Crippen molar-refractivity contribution in [3.63, 3.8) is 0 Å². The Balaban J connectivity index is 2.44. The molecule has 2 rings (SSSR count). The van der Waals surface area contributed by atoms with Crippen molar-refractivity contribution in [1.82, 2.24) is 10.2 Å². The fourth-order valence-electron chi connectivity index (χ4n) is 3.39. The number of rotatable bonds is 8. The summed E-state index contributed by atoms with van der Waals surface area (Å²) in [5, 5.41) is 6.15. The topological polar surface area (TPSA) is 64.7 Å². The van der Waals surface area contributed by atoms with E-state index in [4.69, 9.17) is 11.6 Å². The second-order valence-electron chi connectivity index (χ2n) is 8.89. The van der Waals surface area contributed by atoms with Crippen LogP contribution in [0.3, 0.4) is 0 Å². The first-order valence-corrected chi connectivity index (χ1v) is 11.3. The van der Waals surface area contributed by atoms with E-state index in [1.165, 1.54) is 0 Å². The minimum Gasteiger partial charge on any atom is -0.377 e. The monoisotopic (exact) mass is 458 g/mol. The summed E-state index contributed by atoms with van der Waals surface area (Å²) in [7, 11) is 3.92. The average Bonchev–Trinajstić information content (AvgIpc) is 2.70. The zero-order chi connectivity index (χ0) is 24.0. The molecule has 2 aromatic rings. The van der Waals surface area contributed by atoms with E-state index >= 15 is 0 Å². The molecule has 0 aliphatic carbocycles. The van der Waals surface area contributed by atoms with Crippen LogP contribution < -0.4 is 15.5 Å². The van der Waals surface area contributed by atoms with Crippen LogP contribution in [0.15, 0.2) is 42.5 Å². The molecule has 0 aliphatic heterocycles. The molecular weight excluding hydrogens is 424 g/mol. The van der Waals surface area contributed by atoms with E-state index in [0.717, 1.165) is 11.3 Å². The summed E-state index contributed by atoms with van der Waals surface area (Å²) in [4.78, 5) is 29.6. The van der Waals surface area contributed by atoms with Gasteiger partial charge in [-0.25, -0.2) is 4.79 Å². The van der Waals surface area contributed by atoms with Crippen LogP contribution in [0.5, 0.6) is 0 Å². The van der Waals surface area contributed by atoms with Gasteiger partial charge < -0.3 is 20.4 Å². The molecule has 7 heteroatoms. The number of nitrogens with one attached hydrogen (secondary N) is 2. The minimum atomic E-state index is -0.261. The van der Waals surface area contributed by atoms with Gasteiger partial charge in [0.25, 0.3) is 5.91 Å². The molecule has 0 heterocycles. The van der Waals surface area contributed by atoms with E-state index in [-0.39, 0.29) is 29.9 Å². The summed E-state index contributed by atoms with van der Waals surface area (Å²) in [5.41, 5.74) is 3.07. The first kappa shape index (κ1) is 25.5. The Morgan fingerprint density at radius 1 is 1.00 bits per heavy atom. The van der Waals surface area contributed by atoms with E-state index in [2.05, 4.69) is 24.5 Å². The van der Waals surface area contributed by atoms with Crippen molar-refractivity contribution in [2.45, 2.75) is 53.2 Å². The highest BCUT2D eigenvalue weighted by atomic mass is 35.5. The largest absolute Gasteiger partial charge is 0.377 e. The predicted molar refractivity (Wildman–Crippen MR) is 134 cm³/mol. The molecule has 0 radical (unpaired) electrons. The number of hydrogen-bond acceptors (Lipinski definition) is 3. The van der Waals surface area contributed by atoms with Crippen LogP contribution in [0.4, 0.5) is 16.2 Å². The standard InChI is InChI=1S/C25H35ClN4O2/c1-16(2)18(5)30(24(31)21-10-8-9-11-22(21)26)15-19-14-20(12-13-23(19)29(6)7)28-25(32)27-17(3)4/h8-14,16-18H,15H2,1-7H3,(H2,27,28,32)/t18-/m0/s1. The van der Waals surface area contributed by atoms with E-state index in [9.17, 15) is 9.59 Å². The van der Waals surface area contributed by atoms with Crippen molar-refractivity contribution in [3.05, 3.63) is 58.6 Å². The number of hydrogen-bond donors (Lipinski definition) is 2. The summed E-state index contributed by atoms with van der Waals surface area (Å²) in [6, 6.07) is 12.6. The quantitative estimate of drug-likeness (QED) is 0.539. The van der Waals surface area contributed by atoms with Gasteiger partial charge in [0.05, 0.1) is 10.6 Å². The molecule has 0 saturated carbocycles. The highest BCUT2D eigenvalue weighted by Crippen LogP contribution is 2.28. The molecule has 1 atom stereocenters. The lowest BCUT2D eigenvalue weighted by Gasteiger charge is -2.33. The molecule has 2 N–H and O–H groups in total. The molecular formula is C25H35ClN4O2. The van der Waals surface area contributed by atoms with Gasteiger partial charge in [0, 0.05) is 44.1 Å². The molecule has 32 heavy (non-hydrogen) atoms. The van der Waals surface area contributed by atoms with Gasteiger partial charge in [-0.3, -0.25) is 4.79 Å². The molecule has 0 unspecified atom stereocenters. The number of benzene rings is 2. The van der Waals surface area contributed by atoms with Gasteiger partial charge in [-0.2, -0.15) is 0 Å². The van der Waals surface area contributed by atoms with Crippen LogP contribution >= 0.6 is 11.6 Å². The number of halogens is 1.